The van der Waals surface area contributed by atoms with Gasteiger partial charge in [0.2, 0.25) is 0 Å². The summed E-state index contributed by atoms with van der Waals surface area (Å²) < 4.78 is 0. The van der Waals surface area contributed by atoms with Crippen LogP contribution >= 0.6 is 12.4 Å². The van der Waals surface area contributed by atoms with Gasteiger partial charge in [-0.05, 0) is 18.8 Å². The Morgan fingerprint density at radius 1 is 1.25 bits per heavy atom. The van der Waals surface area contributed by atoms with E-state index in [4.69, 9.17) is 0 Å². The van der Waals surface area contributed by atoms with E-state index in [-0.39, 0.29) is 12.4 Å². The number of nitrogens with zero attached hydrogens (tertiary/aromatic N) is 1. The van der Waals surface area contributed by atoms with Crippen molar-refractivity contribution in [2.45, 2.75) is 25.7 Å². The number of piperidine rings is 1. The fourth-order valence-corrected chi connectivity index (χ4v) is 1.65. The lowest BCUT2D eigenvalue weighted by atomic mass is 10.1. The van der Waals surface area contributed by atoms with E-state index < -0.39 is 0 Å². The molecule has 0 unspecified atom stereocenters. The number of likely N-dealkylation sites (tertiary alicyclic amines) is 1. The summed E-state index contributed by atoms with van der Waals surface area (Å²) in [6.45, 7) is 3.30. The number of carbonyl (C=O) groups is 1. The Kier molecular flexibility index (Phi) is 3.53. The fraction of sp³-hybridized carbons (Fsp3) is 0.889. The van der Waals surface area contributed by atoms with Crippen molar-refractivity contribution in [2.24, 2.45) is 5.92 Å². The van der Waals surface area contributed by atoms with Gasteiger partial charge >= 0.3 is 0 Å². The van der Waals surface area contributed by atoms with Crippen molar-refractivity contribution < 1.29 is 4.79 Å². The van der Waals surface area contributed by atoms with Crippen molar-refractivity contribution in [3.63, 3.8) is 0 Å². The lowest BCUT2D eigenvalue weighted by Gasteiger charge is -2.25. The zero-order valence-corrected chi connectivity index (χ0v) is 8.11. The Morgan fingerprint density at radius 3 is 2.33 bits per heavy atom. The second kappa shape index (κ2) is 4.24. The van der Waals surface area contributed by atoms with Crippen molar-refractivity contribution in [1.29, 1.82) is 0 Å². The number of Topliss-reactive ketones (excluding diaryl/α,β-unsaturated/α-hetero) is 1. The minimum absolute atomic E-state index is 0. The zero-order valence-electron chi connectivity index (χ0n) is 7.29. The lowest BCUT2D eigenvalue weighted by molar-refractivity contribution is -0.121. The van der Waals surface area contributed by atoms with Crippen LogP contribution in [0.3, 0.4) is 0 Å². The first-order valence-electron chi connectivity index (χ1n) is 4.58. The van der Waals surface area contributed by atoms with Crippen molar-refractivity contribution in [3.05, 3.63) is 0 Å². The van der Waals surface area contributed by atoms with E-state index >= 15 is 0 Å². The molecule has 0 atom stereocenters. The van der Waals surface area contributed by atoms with Crippen LogP contribution < -0.4 is 0 Å². The largest absolute Gasteiger partial charge is 0.302 e. The molecule has 1 saturated heterocycles. The third kappa shape index (κ3) is 2.76. The molecule has 2 rings (SSSR count). The van der Waals surface area contributed by atoms with Crippen molar-refractivity contribution in [1.82, 2.24) is 4.90 Å². The van der Waals surface area contributed by atoms with Gasteiger partial charge in [-0.1, -0.05) is 0 Å². The number of ketones is 1. The highest BCUT2D eigenvalue weighted by Gasteiger charge is 2.25. The molecule has 70 valence electrons. The minimum atomic E-state index is 0. The highest BCUT2D eigenvalue weighted by Crippen LogP contribution is 2.30. The summed E-state index contributed by atoms with van der Waals surface area (Å²) in [5.74, 6) is 1.43. The van der Waals surface area contributed by atoms with Crippen LogP contribution in [-0.4, -0.2) is 30.3 Å². The normalized spacial score (nSPS) is 25.2. The van der Waals surface area contributed by atoms with Crippen LogP contribution in [0.4, 0.5) is 0 Å². The first-order valence-corrected chi connectivity index (χ1v) is 4.58. The molecule has 1 saturated carbocycles. The van der Waals surface area contributed by atoms with Gasteiger partial charge in [-0.15, -0.1) is 12.4 Å². The van der Waals surface area contributed by atoms with Crippen LogP contribution in [0.25, 0.3) is 0 Å². The molecule has 2 aliphatic rings. The van der Waals surface area contributed by atoms with Gasteiger partial charge in [-0.25, -0.2) is 0 Å². The number of hydrogen-bond donors (Lipinski definition) is 0. The molecular weight excluding hydrogens is 174 g/mol. The van der Waals surface area contributed by atoms with E-state index in [1.165, 1.54) is 19.4 Å². The molecule has 0 aromatic carbocycles. The third-order valence-corrected chi connectivity index (χ3v) is 2.63. The van der Waals surface area contributed by atoms with Gasteiger partial charge in [-0.2, -0.15) is 0 Å². The maximum Gasteiger partial charge on any atom is 0.135 e. The molecule has 2 fully saturated rings. The highest BCUT2D eigenvalue weighted by atomic mass is 35.5. The van der Waals surface area contributed by atoms with E-state index in [1.54, 1.807) is 0 Å². The summed E-state index contributed by atoms with van der Waals surface area (Å²) in [4.78, 5) is 13.3. The summed E-state index contributed by atoms with van der Waals surface area (Å²) in [6.07, 6.45) is 4.44. The molecule has 0 radical (unpaired) electrons. The van der Waals surface area contributed by atoms with Crippen LogP contribution in [-0.2, 0) is 4.79 Å². The molecule has 1 heterocycles. The lowest BCUT2D eigenvalue weighted by Crippen LogP contribution is -2.35. The number of carbonyl (C=O) groups excluding carboxylic acids is 1. The number of halogens is 1. The predicted molar refractivity (Wildman–Crippen MR) is 50.7 cm³/mol. The van der Waals surface area contributed by atoms with Crippen LogP contribution in [0.15, 0.2) is 0 Å². The topological polar surface area (TPSA) is 20.3 Å². The monoisotopic (exact) mass is 189 g/mol. The molecular formula is C9H16ClNO. The van der Waals surface area contributed by atoms with Gasteiger partial charge in [0.1, 0.15) is 5.78 Å². The first-order chi connectivity index (χ1) is 5.34. The summed E-state index contributed by atoms with van der Waals surface area (Å²) in [6, 6.07) is 0. The van der Waals surface area contributed by atoms with Gasteiger partial charge in [0, 0.05) is 32.5 Å². The average molecular weight is 190 g/mol. The maximum absolute atomic E-state index is 10.9. The quantitative estimate of drug-likeness (QED) is 0.656. The molecule has 0 aromatic heterocycles. The Morgan fingerprint density at radius 2 is 1.83 bits per heavy atom. The number of rotatable bonds is 2. The molecule has 1 aliphatic heterocycles. The Hall–Kier alpha value is -0.0800. The molecule has 2 nitrogen and oxygen atoms in total. The molecule has 3 heteroatoms. The molecule has 0 amide bonds. The summed E-state index contributed by atoms with van der Waals surface area (Å²) >= 11 is 0. The highest BCUT2D eigenvalue weighted by molar-refractivity contribution is 5.85. The molecule has 0 spiro atoms. The molecule has 0 bridgehead atoms. The summed E-state index contributed by atoms with van der Waals surface area (Å²) in [5.41, 5.74) is 0. The zero-order chi connectivity index (χ0) is 7.68. The fourth-order valence-electron chi connectivity index (χ4n) is 1.65. The van der Waals surface area contributed by atoms with Gasteiger partial charge in [-0.3, -0.25) is 4.79 Å². The second-order valence-corrected chi connectivity index (χ2v) is 3.78. The van der Waals surface area contributed by atoms with Crippen molar-refractivity contribution in [2.75, 3.05) is 19.6 Å². The van der Waals surface area contributed by atoms with E-state index in [2.05, 4.69) is 4.90 Å². The van der Waals surface area contributed by atoms with E-state index in [1.807, 2.05) is 0 Å². The molecule has 0 N–H and O–H groups in total. The Labute approximate surface area is 79.7 Å². The molecule has 0 aromatic rings. The van der Waals surface area contributed by atoms with Gasteiger partial charge in [0.15, 0.2) is 0 Å². The summed E-state index contributed by atoms with van der Waals surface area (Å²) in [7, 11) is 0. The van der Waals surface area contributed by atoms with E-state index in [0.717, 1.165) is 31.8 Å². The number of hydrogen-bond acceptors (Lipinski definition) is 2. The van der Waals surface area contributed by atoms with Crippen LogP contribution in [0.1, 0.15) is 25.7 Å². The van der Waals surface area contributed by atoms with E-state index in [9.17, 15) is 4.79 Å². The third-order valence-electron chi connectivity index (χ3n) is 2.63. The minimum Gasteiger partial charge on any atom is -0.302 e. The molecule has 1 aliphatic carbocycles. The van der Waals surface area contributed by atoms with Gasteiger partial charge in [0.05, 0.1) is 0 Å². The van der Waals surface area contributed by atoms with Crippen LogP contribution in [0.2, 0.25) is 0 Å². The van der Waals surface area contributed by atoms with Gasteiger partial charge < -0.3 is 4.90 Å². The SMILES string of the molecule is Cl.O=C1CCN(CC2CC2)CC1. The first kappa shape index (κ1) is 10.0. The van der Waals surface area contributed by atoms with Crippen LogP contribution in [0, 0.1) is 5.92 Å². The van der Waals surface area contributed by atoms with Crippen molar-refractivity contribution >= 4 is 18.2 Å². The maximum atomic E-state index is 10.9. The summed E-state index contributed by atoms with van der Waals surface area (Å²) in [5, 5.41) is 0. The Balaban J connectivity index is 0.000000720. The average Bonchev–Trinajstić information content (AvgIpc) is 2.78. The van der Waals surface area contributed by atoms with Crippen LogP contribution in [0.5, 0.6) is 0 Å². The molecule has 12 heavy (non-hydrogen) atoms. The van der Waals surface area contributed by atoms with Crippen molar-refractivity contribution in [3.8, 4) is 0 Å². The Bertz CT molecular complexity index is 158. The van der Waals surface area contributed by atoms with Gasteiger partial charge in [0.25, 0.3) is 0 Å². The second-order valence-electron chi connectivity index (χ2n) is 3.78. The predicted octanol–water partition coefficient (Wildman–Crippen LogP) is 1.48. The smallest absolute Gasteiger partial charge is 0.135 e. The van der Waals surface area contributed by atoms with E-state index in [0.29, 0.717) is 5.78 Å². The standard InChI is InChI=1S/C9H15NO.ClH/c11-9-3-5-10(6-4-9)7-8-1-2-8;/h8H,1-7H2;1H.